The Kier molecular flexibility index (Phi) is 6.49. The van der Waals surface area contributed by atoms with E-state index in [2.05, 4.69) is 5.32 Å². The number of carbonyl (C=O) groups is 2. The van der Waals surface area contributed by atoms with Crippen molar-refractivity contribution in [2.24, 2.45) is 0 Å². The Morgan fingerprint density at radius 2 is 1.75 bits per heavy atom. The highest BCUT2D eigenvalue weighted by atomic mass is 19.1. The molecule has 0 bridgehead atoms. The molecule has 0 aliphatic rings. The smallest absolute Gasteiger partial charge is 0.242 e. The third kappa shape index (κ3) is 5.50. The zero-order chi connectivity index (χ0) is 17.4. The summed E-state index contributed by atoms with van der Waals surface area (Å²) in [4.78, 5) is 25.7. The molecule has 0 atom stereocenters. The molecule has 0 unspecified atom stereocenters. The van der Waals surface area contributed by atoms with Gasteiger partial charge in [0, 0.05) is 13.1 Å². The van der Waals surface area contributed by atoms with Crippen molar-refractivity contribution in [2.45, 2.75) is 19.9 Å². The Balaban J connectivity index is 1.84. The maximum atomic E-state index is 13.2. The minimum atomic E-state index is -0.327. The van der Waals surface area contributed by atoms with E-state index in [1.165, 1.54) is 12.1 Å². The van der Waals surface area contributed by atoms with Gasteiger partial charge in [0.25, 0.3) is 0 Å². The lowest BCUT2D eigenvalue weighted by atomic mass is 10.1. The van der Waals surface area contributed by atoms with Crippen LogP contribution in [0, 0.1) is 5.82 Å². The van der Waals surface area contributed by atoms with Gasteiger partial charge in [-0.15, -0.1) is 0 Å². The minimum Gasteiger partial charge on any atom is -0.347 e. The Hall–Kier alpha value is -2.69. The van der Waals surface area contributed by atoms with Crippen LogP contribution >= 0.6 is 0 Å². The zero-order valence-corrected chi connectivity index (χ0v) is 13.7. The molecule has 0 aromatic heterocycles. The van der Waals surface area contributed by atoms with Gasteiger partial charge in [-0.2, -0.15) is 0 Å². The van der Waals surface area contributed by atoms with Crippen molar-refractivity contribution >= 4 is 11.8 Å². The molecule has 0 radical (unpaired) electrons. The van der Waals surface area contributed by atoms with Gasteiger partial charge in [0.05, 0.1) is 13.0 Å². The minimum absolute atomic E-state index is 0.0607. The monoisotopic (exact) mass is 328 g/mol. The van der Waals surface area contributed by atoms with Crippen LogP contribution < -0.4 is 5.32 Å². The molecular formula is C19H21FN2O2. The summed E-state index contributed by atoms with van der Waals surface area (Å²) in [6.07, 6.45) is 0.240. The summed E-state index contributed by atoms with van der Waals surface area (Å²) in [5.74, 6) is -0.716. The average Bonchev–Trinajstić information content (AvgIpc) is 2.58. The van der Waals surface area contributed by atoms with Crippen LogP contribution in [0.3, 0.4) is 0 Å². The number of likely N-dealkylation sites (N-methyl/N-ethyl adjacent to an activating group) is 1. The Morgan fingerprint density at radius 1 is 1.04 bits per heavy atom. The predicted molar refractivity (Wildman–Crippen MR) is 90.6 cm³/mol. The molecule has 5 heteroatoms. The van der Waals surface area contributed by atoms with E-state index in [0.717, 1.165) is 11.1 Å². The molecule has 2 rings (SSSR count). The number of hydrogen-bond acceptors (Lipinski definition) is 2. The van der Waals surface area contributed by atoms with Crippen LogP contribution in [-0.4, -0.2) is 29.8 Å². The summed E-state index contributed by atoms with van der Waals surface area (Å²) in [7, 11) is 0. The van der Waals surface area contributed by atoms with Crippen molar-refractivity contribution in [3.8, 4) is 0 Å². The molecule has 0 saturated carbocycles. The molecule has 2 amide bonds. The van der Waals surface area contributed by atoms with E-state index in [9.17, 15) is 14.0 Å². The highest BCUT2D eigenvalue weighted by Crippen LogP contribution is 2.07. The van der Waals surface area contributed by atoms with E-state index in [0.29, 0.717) is 13.1 Å². The average molecular weight is 328 g/mol. The van der Waals surface area contributed by atoms with Gasteiger partial charge in [0.1, 0.15) is 5.82 Å². The molecule has 4 nitrogen and oxygen atoms in total. The maximum absolute atomic E-state index is 13.2. The van der Waals surface area contributed by atoms with Crippen molar-refractivity contribution in [2.75, 3.05) is 13.1 Å². The lowest BCUT2D eigenvalue weighted by Crippen LogP contribution is -2.40. The van der Waals surface area contributed by atoms with E-state index in [1.54, 1.807) is 17.0 Å². The molecular weight excluding hydrogens is 307 g/mol. The lowest BCUT2D eigenvalue weighted by molar-refractivity contribution is -0.133. The van der Waals surface area contributed by atoms with E-state index in [4.69, 9.17) is 0 Å². The van der Waals surface area contributed by atoms with Gasteiger partial charge in [-0.1, -0.05) is 42.5 Å². The predicted octanol–water partition coefficient (Wildman–Crippen LogP) is 2.53. The molecule has 0 aliphatic heterocycles. The molecule has 0 fully saturated rings. The summed E-state index contributed by atoms with van der Waals surface area (Å²) >= 11 is 0. The normalized spacial score (nSPS) is 10.2. The van der Waals surface area contributed by atoms with Gasteiger partial charge >= 0.3 is 0 Å². The van der Waals surface area contributed by atoms with Crippen molar-refractivity contribution in [1.82, 2.24) is 10.2 Å². The molecule has 0 heterocycles. The lowest BCUT2D eigenvalue weighted by Gasteiger charge is -2.21. The van der Waals surface area contributed by atoms with Gasteiger partial charge in [-0.05, 0) is 30.2 Å². The fourth-order valence-electron chi connectivity index (χ4n) is 2.36. The van der Waals surface area contributed by atoms with Crippen molar-refractivity contribution in [3.05, 3.63) is 71.5 Å². The second-order valence-corrected chi connectivity index (χ2v) is 5.48. The Bertz CT molecular complexity index is 689. The van der Waals surface area contributed by atoms with Crippen LogP contribution in [-0.2, 0) is 22.6 Å². The van der Waals surface area contributed by atoms with Crippen molar-refractivity contribution in [1.29, 1.82) is 0 Å². The Morgan fingerprint density at radius 3 is 2.42 bits per heavy atom. The van der Waals surface area contributed by atoms with Gasteiger partial charge in [-0.3, -0.25) is 9.59 Å². The third-order valence-electron chi connectivity index (χ3n) is 3.64. The number of nitrogens with one attached hydrogen (secondary N) is 1. The molecule has 2 aromatic carbocycles. The number of amides is 2. The van der Waals surface area contributed by atoms with E-state index < -0.39 is 0 Å². The number of rotatable bonds is 7. The van der Waals surface area contributed by atoms with Gasteiger partial charge in [0.2, 0.25) is 11.8 Å². The first-order chi connectivity index (χ1) is 11.6. The van der Waals surface area contributed by atoms with Crippen LogP contribution in [0.15, 0.2) is 54.6 Å². The van der Waals surface area contributed by atoms with Crippen LogP contribution in [0.25, 0.3) is 0 Å². The quantitative estimate of drug-likeness (QED) is 0.849. The van der Waals surface area contributed by atoms with Crippen LogP contribution in [0.2, 0.25) is 0 Å². The standard InChI is InChI=1S/C19H21FN2O2/c1-2-22(14-16-9-6-10-17(20)11-16)19(24)13-21-18(23)12-15-7-4-3-5-8-15/h3-11H,2,12-14H2,1H3,(H,21,23). The first-order valence-corrected chi connectivity index (χ1v) is 7.91. The summed E-state index contributed by atoms with van der Waals surface area (Å²) in [5, 5.41) is 2.64. The maximum Gasteiger partial charge on any atom is 0.242 e. The van der Waals surface area contributed by atoms with E-state index >= 15 is 0 Å². The number of nitrogens with zero attached hydrogens (tertiary/aromatic N) is 1. The number of halogens is 1. The molecule has 1 N–H and O–H groups in total. The Labute approximate surface area is 141 Å². The first kappa shape index (κ1) is 17.7. The van der Waals surface area contributed by atoms with Gasteiger partial charge in [-0.25, -0.2) is 4.39 Å². The largest absolute Gasteiger partial charge is 0.347 e. The summed E-state index contributed by atoms with van der Waals surface area (Å²) in [6.45, 7) is 2.60. The summed E-state index contributed by atoms with van der Waals surface area (Å²) in [6, 6.07) is 15.5. The van der Waals surface area contributed by atoms with Crippen LogP contribution in [0.5, 0.6) is 0 Å². The zero-order valence-electron chi connectivity index (χ0n) is 13.7. The van der Waals surface area contributed by atoms with Crippen molar-refractivity contribution < 1.29 is 14.0 Å². The van der Waals surface area contributed by atoms with Crippen LogP contribution in [0.1, 0.15) is 18.1 Å². The molecule has 2 aromatic rings. The number of hydrogen-bond donors (Lipinski definition) is 1. The van der Waals surface area contributed by atoms with Crippen molar-refractivity contribution in [3.63, 3.8) is 0 Å². The van der Waals surface area contributed by atoms with Gasteiger partial charge in [0.15, 0.2) is 0 Å². The number of benzene rings is 2. The van der Waals surface area contributed by atoms with E-state index in [1.807, 2.05) is 37.3 Å². The highest BCUT2D eigenvalue weighted by molar-refractivity contribution is 5.85. The van der Waals surface area contributed by atoms with E-state index in [-0.39, 0.29) is 30.6 Å². The van der Waals surface area contributed by atoms with Crippen LogP contribution in [0.4, 0.5) is 4.39 Å². The third-order valence-corrected chi connectivity index (χ3v) is 3.64. The van der Waals surface area contributed by atoms with Gasteiger partial charge < -0.3 is 10.2 Å². The molecule has 0 aliphatic carbocycles. The fourth-order valence-corrected chi connectivity index (χ4v) is 2.36. The molecule has 0 spiro atoms. The molecule has 0 saturated heterocycles. The summed E-state index contributed by atoms with van der Waals surface area (Å²) < 4.78 is 13.2. The topological polar surface area (TPSA) is 49.4 Å². The summed E-state index contributed by atoms with van der Waals surface area (Å²) in [5.41, 5.74) is 1.62. The fraction of sp³-hybridized carbons (Fsp3) is 0.263. The SMILES string of the molecule is CCN(Cc1cccc(F)c1)C(=O)CNC(=O)Cc1ccccc1. The molecule has 126 valence electrons. The number of carbonyl (C=O) groups excluding carboxylic acids is 2. The second kappa shape index (κ2) is 8.82. The second-order valence-electron chi connectivity index (χ2n) is 5.48. The molecule has 24 heavy (non-hydrogen) atoms. The highest BCUT2D eigenvalue weighted by Gasteiger charge is 2.13. The first-order valence-electron chi connectivity index (χ1n) is 7.91.